The SMILES string of the molecule is Cc1csc(Sc2ccc([N+](=O)[O-])cc2C(=O)OCC(=O)N2CC(=O)Nc3ccccc32)n1. The van der Waals surface area contributed by atoms with Crippen molar-refractivity contribution in [1.29, 1.82) is 0 Å². The van der Waals surface area contributed by atoms with Gasteiger partial charge in [0.1, 0.15) is 6.54 Å². The fourth-order valence-corrected chi connectivity index (χ4v) is 4.99. The molecule has 0 aliphatic carbocycles. The molecule has 0 radical (unpaired) electrons. The van der Waals surface area contributed by atoms with Crippen LogP contribution in [0.4, 0.5) is 17.1 Å². The topological polar surface area (TPSA) is 132 Å². The number of non-ortho nitro benzene ring substituents is 1. The summed E-state index contributed by atoms with van der Waals surface area (Å²) in [4.78, 5) is 54.0. The molecule has 0 unspecified atom stereocenters. The van der Waals surface area contributed by atoms with E-state index in [0.717, 1.165) is 11.8 Å². The van der Waals surface area contributed by atoms with Crippen molar-refractivity contribution in [2.45, 2.75) is 16.2 Å². The van der Waals surface area contributed by atoms with Crippen LogP contribution in [0.3, 0.4) is 0 Å². The number of aryl methyl sites for hydroxylation is 1. The van der Waals surface area contributed by atoms with Gasteiger partial charge in [0.2, 0.25) is 5.91 Å². The Bertz CT molecular complexity index is 1280. The average molecular weight is 485 g/mol. The molecule has 4 rings (SSSR count). The Morgan fingerprint density at radius 1 is 1.30 bits per heavy atom. The fraction of sp³-hybridized carbons (Fsp3) is 0.143. The molecular weight excluding hydrogens is 468 g/mol. The Morgan fingerprint density at radius 2 is 2.09 bits per heavy atom. The number of rotatable bonds is 6. The number of aromatic nitrogens is 1. The first-order valence-corrected chi connectivity index (χ1v) is 11.3. The zero-order valence-corrected chi connectivity index (χ0v) is 18.8. The van der Waals surface area contributed by atoms with E-state index in [9.17, 15) is 24.5 Å². The van der Waals surface area contributed by atoms with Gasteiger partial charge in [-0.1, -0.05) is 23.9 Å². The van der Waals surface area contributed by atoms with Crippen LogP contribution < -0.4 is 10.2 Å². The van der Waals surface area contributed by atoms with Crippen molar-refractivity contribution in [2.75, 3.05) is 23.4 Å². The number of hydrogen-bond donors (Lipinski definition) is 1. The van der Waals surface area contributed by atoms with Crippen LogP contribution in [0.25, 0.3) is 0 Å². The van der Waals surface area contributed by atoms with Crippen molar-refractivity contribution in [3.8, 4) is 0 Å². The van der Waals surface area contributed by atoms with Gasteiger partial charge in [-0.15, -0.1) is 11.3 Å². The van der Waals surface area contributed by atoms with E-state index >= 15 is 0 Å². The number of nitrogens with zero attached hydrogens (tertiary/aromatic N) is 3. The number of nitro groups is 1. The Hall–Kier alpha value is -3.77. The summed E-state index contributed by atoms with van der Waals surface area (Å²) in [6.07, 6.45) is 0. The lowest BCUT2D eigenvalue weighted by atomic mass is 10.2. The number of anilines is 2. The van der Waals surface area contributed by atoms with E-state index in [2.05, 4.69) is 10.3 Å². The lowest BCUT2D eigenvalue weighted by molar-refractivity contribution is -0.384. The fourth-order valence-electron chi connectivity index (χ4n) is 3.09. The van der Waals surface area contributed by atoms with E-state index in [0.29, 0.717) is 20.6 Å². The highest BCUT2D eigenvalue weighted by atomic mass is 32.2. The summed E-state index contributed by atoms with van der Waals surface area (Å²) in [6, 6.07) is 10.6. The molecule has 168 valence electrons. The van der Waals surface area contributed by atoms with Crippen molar-refractivity contribution in [3.05, 3.63) is 69.2 Å². The van der Waals surface area contributed by atoms with E-state index in [4.69, 9.17) is 4.74 Å². The number of benzene rings is 2. The van der Waals surface area contributed by atoms with E-state index in [-0.39, 0.29) is 23.7 Å². The molecule has 2 aromatic carbocycles. The minimum Gasteiger partial charge on any atom is -0.452 e. The van der Waals surface area contributed by atoms with Crippen molar-refractivity contribution < 1.29 is 24.0 Å². The van der Waals surface area contributed by atoms with E-state index < -0.39 is 23.4 Å². The molecule has 1 aliphatic rings. The summed E-state index contributed by atoms with van der Waals surface area (Å²) >= 11 is 2.55. The number of carbonyl (C=O) groups is 3. The van der Waals surface area contributed by atoms with Gasteiger partial charge in [-0.2, -0.15) is 0 Å². The molecule has 0 saturated heterocycles. The molecule has 33 heavy (non-hydrogen) atoms. The largest absolute Gasteiger partial charge is 0.452 e. The number of para-hydroxylation sites is 2. The van der Waals surface area contributed by atoms with Crippen molar-refractivity contribution in [1.82, 2.24) is 4.98 Å². The van der Waals surface area contributed by atoms with Crippen LogP contribution in [0.15, 0.2) is 57.1 Å². The third-order valence-electron chi connectivity index (χ3n) is 4.59. The summed E-state index contributed by atoms with van der Waals surface area (Å²) in [5.41, 5.74) is 1.44. The number of ether oxygens (including phenoxy) is 1. The van der Waals surface area contributed by atoms with Gasteiger partial charge in [-0.25, -0.2) is 9.78 Å². The van der Waals surface area contributed by atoms with Gasteiger partial charge in [0.05, 0.1) is 21.9 Å². The molecule has 0 spiro atoms. The summed E-state index contributed by atoms with van der Waals surface area (Å²) in [5.74, 6) is -1.86. The maximum Gasteiger partial charge on any atom is 0.340 e. The third kappa shape index (κ3) is 5.02. The van der Waals surface area contributed by atoms with Gasteiger partial charge in [-0.05, 0) is 25.1 Å². The average Bonchev–Trinajstić information content (AvgIpc) is 3.21. The van der Waals surface area contributed by atoms with E-state index in [1.165, 1.54) is 40.1 Å². The van der Waals surface area contributed by atoms with E-state index in [1.54, 1.807) is 24.3 Å². The predicted octanol–water partition coefficient (Wildman–Crippen LogP) is 3.65. The Balaban J connectivity index is 1.53. The molecule has 2 amide bonds. The second-order valence-electron chi connectivity index (χ2n) is 6.92. The van der Waals surface area contributed by atoms with Crippen LogP contribution in [-0.2, 0) is 14.3 Å². The highest BCUT2D eigenvalue weighted by Gasteiger charge is 2.28. The molecule has 1 aromatic heterocycles. The molecule has 1 aliphatic heterocycles. The Kier molecular flexibility index (Phi) is 6.38. The molecule has 0 bridgehead atoms. The van der Waals surface area contributed by atoms with Crippen LogP contribution in [-0.4, -0.2) is 40.8 Å². The molecule has 0 fully saturated rings. The van der Waals surface area contributed by atoms with Crippen molar-refractivity contribution >= 4 is 57.9 Å². The second-order valence-corrected chi connectivity index (χ2v) is 9.06. The predicted molar refractivity (Wildman–Crippen MR) is 122 cm³/mol. The molecular formula is C21H16N4O6S2. The van der Waals surface area contributed by atoms with Crippen LogP contribution in [0, 0.1) is 17.0 Å². The molecule has 12 heteroatoms. The normalized spacial score (nSPS) is 12.6. The molecule has 1 N–H and O–H groups in total. The number of carbonyl (C=O) groups excluding carboxylic acids is 3. The molecule has 0 saturated carbocycles. The number of thiazole rings is 1. The van der Waals surface area contributed by atoms with Gasteiger partial charge in [0, 0.05) is 28.1 Å². The molecule has 2 heterocycles. The Morgan fingerprint density at radius 3 is 2.82 bits per heavy atom. The van der Waals surface area contributed by atoms with Gasteiger partial charge in [0.15, 0.2) is 10.9 Å². The minimum atomic E-state index is -0.891. The lowest BCUT2D eigenvalue weighted by Crippen LogP contribution is -2.44. The number of esters is 1. The first-order valence-electron chi connectivity index (χ1n) is 9.56. The molecule has 10 nitrogen and oxygen atoms in total. The zero-order valence-electron chi connectivity index (χ0n) is 17.1. The quantitative estimate of drug-likeness (QED) is 0.319. The summed E-state index contributed by atoms with van der Waals surface area (Å²) in [6.45, 7) is 0.981. The van der Waals surface area contributed by atoms with Gasteiger partial charge in [0.25, 0.3) is 11.6 Å². The number of hydrogen-bond acceptors (Lipinski definition) is 9. The maximum absolute atomic E-state index is 12.8. The van der Waals surface area contributed by atoms with Gasteiger partial charge < -0.3 is 10.1 Å². The number of fused-ring (bicyclic) bond motifs is 1. The van der Waals surface area contributed by atoms with Gasteiger partial charge >= 0.3 is 5.97 Å². The van der Waals surface area contributed by atoms with Gasteiger partial charge in [-0.3, -0.25) is 24.6 Å². The van der Waals surface area contributed by atoms with Crippen molar-refractivity contribution in [3.63, 3.8) is 0 Å². The van der Waals surface area contributed by atoms with Crippen molar-refractivity contribution in [2.24, 2.45) is 0 Å². The number of nitro benzene ring substituents is 1. The second kappa shape index (κ2) is 9.38. The number of nitrogens with one attached hydrogen (secondary N) is 1. The lowest BCUT2D eigenvalue weighted by Gasteiger charge is -2.28. The highest BCUT2D eigenvalue weighted by Crippen LogP contribution is 2.35. The Labute approximate surface area is 195 Å². The number of amides is 2. The van der Waals surface area contributed by atoms with Crippen LogP contribution in [0.1, 0.15) is 16.1 Å². The molecule has 3 aromatic rings. The summed E-state index contributed by atoms with van der Waals surface area (Å²) in [7, 11) is 0. The standard InChI is InChI=1S/C21H16N4O6S2/c1-12-11-32-21(22-12)33-17-7-6-13(25(29)30)8-14(17)20(28)31-10-19(27)24-9-18(26)23-15-4-2-3-5-16(15)24/h2-8,11H,9-10H2,1H3,(H,23,26). The highest BCUT2D eigenvalue weighted by molar-refractivity contribution is 8.01. The smallest absolute Gasteiger partial charge is 0.340 e. The van der Waals surface area contributed by atoms with E-state index in [1.807, 2.05) is 12.3 Å². The summed E-state index contributed by atoms with van der Waals surface area (Å²) in [5, 5.41) is 15.7. The monoisotopic (exact) mass is 484 g/mol. The maximum atomic E-state index is 12.8. The first kappa shape index (κ1) is 22.4. The zero-order chi connectivity index (χ0) is 23.5. The third-order valence-corrected chi connectivity index (χ3v) is 6.72. The summed E-state index contributed by atoms with van der Waals surface area (Å²) < 4.78 is 5.85. The first-order chi connectivity index (χ1) is 15.8. The van der Waals surface area contributed by atoms with Crippen LogP contribution in [0.2, 0.25) is 0 Å². The van der Waals surface area contributed by atoms with Crippen LogP contribution >= 0.6 is 23.1 Å². The van der Waals surface area contributed by atoms with Crippen LogP contribution in [0.5, 0.6) is 0 Å². The molecule has 0 atom stereocenters. The minimum absolute atomic E-state index is 0.0494.